The summed E-state index contributed by atoms with van der Waals surface area (Å²) in [4.78, 5) is 12.1. The van der Waals surface area contributed by atoms with E-state index in [9.17, 15) is 4.79 Å². The third-order valence-electron chi connectivity index (χ3n) is 3.14. The van der Waals surface area contributed by atoms with E-state index in [1.807, 2.05) is 26.0 Å². The Bertz CT molecular complexity index is 673. The number of carbonyl (C=O) groups excluding carboxylic acids is 1. The molecule has 2 nitrogen and oxygen atoms in total. The Hall–Kier alpha value is -1.22. The molecule has 21 heavy (non-hydrogen) atoms. The van der Waals surface area contributed by atoms with E-state index in [4.69, 9.17) is 39.5 Å². The molecule has 5 heteroatoms. The maximum absolute atomic E-state index is 12.1. The molecule has 110 valence electrons. The van der Waals surface area contributed by atoms with E-state index in [2.05, 4.69) is 0 Å². The zero-order chi connectivity index (χ0) is 15.6. The highest BCUT2D eigenvalue weighted by molar-refractivity contribution is 6.40. The van der Waals surface area contributed by atoms with E-state index in [1.165, 1.54) is 12.1 Å². The SMILES string of the molecule is Cc1ccc(C(=O)COc2c(Cl)cc(Cl)cc2Cl)cc1C. The van der Waals surface area contributed by atoms with Crippen molar-refractivity contribution >= 4 is 40.6 Å². The standard InChI is InChI=1S/C16H13Cl3O2/c1-9-3-4-11(5-10(9)2)15(20)8-21-16-13(18)6-12(17)7-14(16)19/h3-7H,8H2,1-2H3. The second kappa shape index (κ2) is 6.69. The minimum absolute atomic E-state index is 0.135. The van der Waals surface area contributed by atoms with Gasteiger partial charge in [0.2, 0.25) is 0 Å². The van der Waals surface area contributed by atoms with Crippen LogP contribution in [-0.4, -0.2) is 12.4 Å². The summed E-state index contributed by atoms with van der Waals surface area (Å²) in [5.74, 6) is 0.125. The van der Waals surface area contributed by atoms with Gasteiger partial charge in [-0.1, -0.05) is 46.9 Å². The van der Waals surface area contributed by atoms with Crippen molar-refractivity contribution in [3.63, 3.8) is 0 Å². The van der Waals surface area contributed by atoms with E-state index in [-0.39, 0.29) is 28.2 Å². The van der Waals surface area contributed by atoms with Crippen LogP contribution in [0.5, 0.6) is 5.75 Å². The third kappa shape index (κ3) is 3.91. The van der Waals surface area contributed by atoms with Gasteiger partial charge in [0.25, 0.3) is 0 Å². The largest absolute Gasteiger partial charge is 0.482 e. The number of halogens is 3. The number of ether oxygens (including phenoxy) is 1. The van der Waals surface area contributed by atoms with Crippen molar-refractivity contribution in [2.45, 2.75) is 13.8 Å². The van der Waals surface area contributed by atoms with Crippen molar-refractivity contribution in [3.8, 4) is 5.75 Å². The Labute approximate surface area is 138 Å². The molecule has 0 atom stereocenters. The fourth-order valence-electron chi connectivity index (χ4n) is 1.80. The number of ketones is 1. The number of carbonyl (C=O) groups is 1. The number of benzene rings is 2. The van der Waals surface area contributed by atoms with Gasteiger partial charge in [-0.05, 0) is 43.2 Å². The van der Waals surface area contributed by atoms with Gasteiger partial charge in [-0.15, -0.1) is 0 Å². The van der Waals surface area contributed by atoms with Crippen molar-refractivity contribution in [2.75, 3.05) is 6.61 Å². The molecule has 0 aliphatic carbocycles. The van der Waals surface area contributed by atoms with Crippen LogP contribution in [0.25, 0.3) is 0 Å². The molecule has 0 bridgehead atoms. The van der Waals surface area contributed by atoms with E-state index >= 15 is 0 Å². The third-order valence-corrected chi connectivity index (χ3v) is 3.92. The minimum Gasteiger partial charge on any atom is -0.482 e. The molecule has 0 spiro atoms. The van der Waals surface area contributed by atoms with Crippen molar-refractivity contribution in [1.29, 1.82) is 0 Å². The first-order valence-corrected chi connectivity index (χ1v) is 7.39. The summed E-state index contributed by atoms with van der Waals surface area (Å²) in [6, 6.07) is 8.56. The second-order valence-corrected chi connectivity index (χ2v) is 5.96. The Morgan fingerprint density at radius 1 is 1.00 bits per heavy atom. The molecule has 0 aliphatic heterocycles. The summed E-state index contributed by atoms with van der Waals surface area (Å²) < 4.78 is 5.44. The molecule has 2 aromatic carbocycles. The quantitative estimate of drug-likeness (QED) is 0.683. The molecule has 0 radical (unpaired) electrons. The molecule has 2 rings (SSSR count). The van der Waals surface area contributed by atoms with Gasteiger partial charge in [0.05, 0.1) is 10.0 Å². The maximum atomic E-state index is 12.1. The van der Waals surface area contributed by atoms with Gasteiger partial charge in [-0.2, -0.15) is 0 Å². The van der Waals surface area contributed by atoms with Crippen LogP contribution in [0.3, 0.4) is 0 Å². The number of aryl methyl sites for hydroxylation is 2. The van der Waals surface area contributed by atoms with Crippen LogP contribution in [-0.2, 0) is 0 Å². The summed E-state index contributed by atoms with van der Waals surface area (Å²) >= 11 is 17.8. The highest BCUT2D eigenvalue weighted by atomic mass is 35.5. The molecule has 2 aromatic rings. The summed E-state index contributed by atoms with van der Waals surface area (Å²) in [7, 11) is 0. The fourth-order valence-corrected chi connectivity index (χ4v) is 2.73. The Morgan fingerprint density at radius 3 is 2.19 bits per heavy atom. The van der Waals surface area contributed by atoms with Gasteiger partial charge >= 0.3 is 0 Å². The molecule has 0 fully saturated rings. The number of hydrogen-bond donors (Lipinski definition) is 0. The smallest absolute Gasteiger partial charge is 0.200 e. The van der Waals surface area contributed by atoms with Crippen LogP contribution in [0.2, 0.25) is 15.1 Å². The lowest BCUT2D eigenvalue weighted by Crippen LogP contribution is -2.12. The Balaban J connectivity index is 2.13. The van der Waals surface area contributed by atoms with Crippen LogP contribution in [0.4, 0.5) is 0 Å². The minimum atomic E-state index is -0.139. The highest BCUT2D eigenvalue weighted by Crippen LogP contribution is 2.35. The predicted octanol–water partition coefficient (Wildman–Crippen LogP) is 5.53. The molecular formula is C16H13Cl3O2. The summed E-state index contributed by atoms with van der Waals surface area (Å²) in [5.41, 5.74) is 2.79. The molecule has 0 saturated heterocycles. The normalized spacial score (nSPS) is 10.5. The topological polar surface area (TPSA) is 26.3 Å². The molecule has 0 saturated carbocycles. The lowest BCUT2D eigenvalue weighted by molar-refractivity contribution is 0.0921. The van der Waals surface area contributed by atoms with Crippen LogP contribution < -0.4 is 4.74 Å². The summed E-state index contributed by atoms with van der Waals surface area (Å²) in [6.45, 7) is 3.82. The van der Waals surface area contributed by atoms with E-state index in [1.54, 1.807) is 6.07 Å². The van der Waals surface area contributed by atoms with E-state index in [0.29, 0.717) is 10.6 Å². The van der Waals surface area contributed by atoms with Gasteiger partial charge in [0, 0.05) is 10.6 Å². The molecule has 0 unspecified atom stereocenters. The first-order valence-electron chi connectivity index (χ1n) is 6.26. The average molecular weight is 344 g/mol. The van der Waals surface area contributed by atoms with Crippen molar-refractivity contribution in [1.82, 2.24) is 0 Å². The van der Waals surface area contributed by atoms with Crippen molar-refractivity contribution in [2.24, 2.45) is 0 Å². The van der Waals surface area contributed by atoms with Crippen LogP contribution in [0.1, 0.15) is 21.5 Å². The number of rotatable bonds is 4. The van der Waals surface area contributed by atoms with Gasteiger partial charge in [0.15, 0.2) is 18.1 Å². The first kappa shape index (κ1) is 16.2. The van der Waals surface area contributed by atoms with E-state index in [0.717, 1.165) is 11.1 Å². The molecule has 0 N–H and O–H groups in total. The molecule has 0 aliphatic rings. The fraction of sp³-hybridized carbons (Fsp3) is 0.188. The van der Waals surface area contributed by atoms with Crippen molar-refractivity contribution < 1.29 is 9.53 Å². The van der Waals surface area contributed by atoms with Crippen LogP contribution in [0.15, 0.2) is 30.3 Å². The number of hydrogen-bond acceptors (Lipinski definition) is 2. The zero-order valence-corrected chi connectivity index (χ0v) is 13.8. The molecule has 0 aromatic heterocycles. The van der Waals surface area contributed by atoms with Gasteiger partial charge < -0.3 is 4.74 Å². The van der Waals surface area contributed by atoms with Gasteiger partial charge in [-0.25, -0.2) is 0 Å². The van der Waals surface area contributed by atoms with Gasteiger partial charge in [0.1, 0.15) is 0 Å². The van der Waals surface area contributed by atoms with Crippen molar-refractivity contribution in [3.05, 3.63) is 62.1 Å². The highest BCUT2D eigenvalue weighted by Gasteiger charge is 2.13. The van der Waals surface area contributed by atoms with E-state index < -0.39 is 0 Å². The second-order valence-electron chi connectivity index (χ2n) is 4.71. The molecular weight excluding hydrogens is 331 g/mol. The maximum Gasteiger partial charge on any atom is 0.200 e. The lowest BCUT2D eigenvalue weighted by atomic mass is 10.0. The summed E-state index contributed by atoms with van der Waals surface area (Å²) in [5, 5.41) is 0.971. The molecule has 0 amide bonds. The first-order chi connectivity index (χ1) is 9.88. The van der Waals surface area contributed by atoms with Crippen LogP contribution >= 0.6 is 34.8 Å². The number of Topliss-reactive ketones (excluding diaryl/α,β-unsaturated/α-hetero) is 1. The zero-order valence-electron chi connectivity index (χ0n) is 11.5. The Kier molecular flexibility index (Phi) is 5.15. The van der Waals surface area contributed by atoms with Crippen LogP contribution in [0, 0.1) is 13.8 Å². The Morgan fingerprint density at radius 2 is 1.62 bits per heavy atom. The van der Waals surface area contributed by atoms with Gasteiger partial charge in [-0.3, -0.25) is 4.79 Å². The monoisotopic (exact) mass is 342 g/mol. The lowest BCUT2D eigenvalue weighted by Gasteiger charge is -2.10. The average Bonchev–Trinajstić information content (AvgIpc) is 2.40. The summed E-state index contributed by atoms with van der Waals surface area (Å²) in [6.07, 6.45) is 0. The predicted molar refractivity (Wildman–Crippen MR) is 87.2 cm³/mol. The molecule has 0 heterocycles.